The lowest BCUT2D eigenvalue weighted by Crippen LogP contribution is -2.35. The first-order chi connectivity index (χ1) is 9.22. The van der Waals surface area contributed by atoms with Gasteiger partial charge in [0, 0.05) is 12.8 Å². The van der Waals surface area contributed by atoms with E-state index >= 15 is 0 Å². The lowest BCUT2D eigenvalue weighted by atomic mass is 10.0. The summed E-state index contributed by atoms with van der Waals surface area (Å²) < 4.78 is 1.67. The summed E-state index contributed by atoms with van der Waals surface area (Å²) in [6.07, 6.45) is 1.49. The van der Waals surface area contributed by atoms with Crippen molar-refractivity contribution < 1.29 is 4.79 Å². The van der Waals surface area contributed by atoms with Crippen molar-refractivity contribution in [2.24, 2.45) is 12.9 Å². The molecule has 1 amide bonds. The number of nitrogens with two attached hydrogens (primary N) is 1. The molecule has 0 fully saturated rings. The van der Waals surface area contributed by atoms with Crippen LogP contribution in [0.5, 0.6) is 0 Å². The van der Waals surface area contributed by atoms with Gasteiger partial charge in [-0.05, 0) is 5.56 Å². The quantitative estimate of drug-likeness (QED) is 0.363. The summed E-state index contributed by atoms with van der Waals surface area (Å²) in [4.78, 5) is 16.0. The fourth-order valence-corrected chi connectivity index (χ4v) is 2.70. The Labute approximate surface area is 115 Å². The van der Waals surface area contributed by atoms with Crippen LogP contribution < -0.4 is 11.3 Å². The van der Waals surface area contributed by atoms with Crippen molar-refractivity contribution >= 4 is 17.7 Å². The fourth-order valence-electron chi connectivity index (χ4n) is 1.68. The third kappa shape index (κ3) is 3.33. The zero-order valence-electron chi connectivity index (χ0n) is 10.5. The molecule has 1 aromatic heterocycles. The number of thioether (sulfide) groups is 1. The van der Waals surface area contributed by atoms with Crippen molar-refractivity contribution in [2.75, 3.05) is 5.75 Å². The molecule has 0 radical (unpaired) electrons. The normalized spacial score (nSPS) is 12.1. The predicted molar refractivity (Wildman–Crippen MR) is 73.2 cm³/mol. The van der Waals surface area contributed by atoms with Crippen molar-refractivity contribution in [1.29, 1.82) is 0 Å². The van der Waals surface area contributed by atoms with E-state index in [-0.39, 0.29) is 11.8 Å². The van der Waals surface area contributed by atoms with E-state index in [4.69, 9.17) is 5.84 Å². The molecule has 7 heteroatoms. The second-order valence-corrected chi connectivity index (χ2v) is 4.94. The molecule has 0 aliphatic rings. The zero-order chi connectivity index (χ0) is 13.7. The van der Waals surface area contributed by atoms with Crippen LogP contribution in [0.15, 0.2) is 41.8 Å². The van der Waals surface area contributed by atoms with Crippen molar-refractivity contribution in [3.8, 4) is 0 Å². The molecule has 2 aromatic rings. The second-order valence-electron chi connectivity index (χ2n) is 3.95. The van der Waals surface area contributed by atoms with Gasteiger partial charge in [0.2, 0.25) is 5.91 Å². The van der Waals surface area contributed by atoms with Gasteiger partial charge >= 0.3 is 0 Å². The molecule has 6 nitrogen and oxygen atoms in total. The average molecular weight is 277 g/mol. The highest BCUT2D eigenvalue weighted by Gasteiger charge is 2.20. The Morgan fingerprint density at radius 3 is 2.79 bits per heavy atom. The fraction of sp³-hybridized carbons (Fsp3) is 0.250. The van der Waals surface area contributed by atoms with Crippen LogP contribution in [0.2, 0.25) is 0 Å². The van der Waals surface area contributed by atoms with Crippen molar-refractivity contribution in [2.45, 2.75) is 11.1 Å². The number of amides is 1. The first-order valence-corrected chi connectivity index (χ1v) is 6.73. The van der Waals surface area contributed by atoms with E-state index in [0.29, 0.717) is 5.75 Å². The van der Waals surface area contributed by atoms with Gasteiger partial charge in [0.25, 0.3) is 0 Å². The number of carbonyl (C=O) groups excluding carboxylic acids is 1. The third-order valence-electron chi connectivity index (χ3n) is 2.71. The highest BCUT2D eigenvalue weighted by atomic mass is 32.2. The van der Waals surface area contributed by atoms with Crippen molar-refractivity contribution in [3.05, 3.63) is 42.2 Å². The largest absolute Gasteiger partial charge is 0.294 e. The lowest BCUT2D eigenvalue weighted by molar-refractivity contribution is -0.122. The van der Waals surface area contributed by atoms with Gasteiger partial charge in [0.15, 0.2) is 5.16 Å². The van der Waals surface area contributed by atoms with Crippen LogP contribution in [0, 0.1) is 0 Å². The molecule has 1 heterocycles. The number of nitrogens with zero attached hydrogens (tertiary/aromatic N) is 3. The summed E-state index contributed by atoms with van der Waals surface area (Å²) >= 11 is 1.47. The van der Waals surface area contributed by atoms with Crippen LogP contribution in [0.4, 0.5) is 0 Å². The Balaban J connectivity index is 2.11. The Bertz CT molecular complexity index is 542. The summed E-state index contributed by atoms with van der Waals surface area (Å²) in [5.41, 5.74) is 3.14. The van der Waals surface area contributed by atoms with Gasteiger partial charge in [0.05, 0.1) is 5.92 Å². The highest BCUT2D eigenvalue weighted by molar-refractivity contribution is 7.99. The third-order valence-corrected chi connectivity index (χ3v) is 3.84. The minimum Gasteiger partial charge on any atom is -0.294 e. The molecule has 1 atom stereocenters. The minimum absolute atomic E-state index is 0.208. The number of hydrogen-bond donors (Lipinski definition) is 2. The molecule has 0 spiro atoms. The van der Waals surface area contributed by atoms with Crippen LogP contribution >= 0.6 is 11.8 Å². The van der Waals surface area contributed by atoms with Gasteiger partial charge < -0.3 is 0 Å². The average Bonchev–Trinajstić information content (AvgIpc) is 2.85. The van der Waals surface area contributed by atoms with Crippen LogP contribution in [0.3, 0.4) is 0 Å². The smallest absolute Gasteiger partial charge is 0.242 e. The number of carbonyl (C=O) groups is 1. The molecule has 2 rings (SSSR count). The standard InChI is InChI=1S/C12H15N5OS/c1-17-12(14-8-15-17)19-7-10(11(18)16-13)9-5-3-2-4-6-9/h2-6,8,10H,7,13H2,1H3,(H,16,18). The number of aromatic nitrogens is 3. The van der Waals surface area contributed by atoms with E-state index < -0.39 is 0 Å². The number of rotatable bonds is 5. The maximum Gasteiger partial charge on any atom is 0.242 e. The van der Waals surface area contributed by atoms with Gasteiger partial charge in [-0.1, -0.05) is 42.1 Å². The Kier molecular flexibility index (Phi) is 4.53. The summed E-state index contributed by atoms with van der Waals surface area (Å²) in [7, 11) is 1.82. The van der Waals surface area contributed by atoms with Gasteiger partial charge in [-0.3, -0.25) is 10.2 Å². The molecule has 1 unspecified atom stereocenters. The van der Waals surface area contributed by atoms with E-state index in [1.165, 1.54) is 18.1 Å². The van der Waals surface area contributed by atoms with Gasteiger partial charge in [0.1, 0.15) is 6.33 Å². The Morgan fingerprint density at radius 2 is 2.21 bits per heavy atom. The number of benzene rings is 1. The van der Waals surface area contributed by atoms with Gasteiger partial charge in [-0.15, -0.1) is 0 Å². The molecule has 1 aromatic carbocycles. The van der Waals surface area contributed by atoms with E-state index in [1.54, 1.807) is 4.68 Å². The van der Waals surface area contributed by atoms with Crippen LogP contribution in [0.1, 0.15) is 11.5 Å². The molecule has 0 aliphatic carbocycles. The predicted octanol–water partition coefficient (Wildman–Crippen LogP) is 0.681. The molecule has 0 aliphatic heterocycles. The van der Waals surface area contributed by atoms with Crippen LogP contribution in [-0.4, -0.2) is 26.4 Å². The first-order valence-electron chi connectivity index (χ1n) is 5.74. The molecular weight excluding hydrogens is 262 g/mol. The summed E-state index contributed by atoms with van der Waals surface area (Å²) in [5, 5.41) is 4.76. The topological polar surface area (TPSA) is 85.8 Å². The number of hydrogen-bond acceptors (Lipinski definition) is 5. The first kappa shape index (κ1) is 13.6. The second kappa shape index (κ2) is 6.35. The number of nitrogens with one attached hydrogen (secondary N) is 1. The number of aryl methyl sites for hydroxylation is 1. The Morgan fingerprint density at radius 1 is 1.47 bits per heavy atom. The maximum atomic E-state index is 11.9. The minimum atomic E-state index is -0.312. The Hall–Kier alpha value is -1.86. The molecule has 0 bridgehead atoms. The summed E-state index contributed by atoms with van der Waals surface area (Å²) in [6.45, 7) is 0. The number of hydrazine groups is 1. The van der Waals surface area contributed by atoms with Gasteiger partial charge in [-0.25, -0.2) is 15.5 Å². The molecule has 0 saturated carbocycles. The molecule has 0 saturated heterocycles. The zero-order valence-corrected chi connectivity index (χ0v) is 11.3. The van der Waals surface area contributed by atoms with Gasteiger partial charge in [-0.2, -0.15) is 5.10 Å². The molecule has 100 valence electrons. The molecular formula is C12H15N5OS. The van der Waals surface area contributed by atoms with E-state index in [2.05, 4.69) is 15.5 Å². The maximum absolute atomic E-state index is 11.9. The molecule has 19 heavy (non-hydrogen) atoms. The van der Waals surface area contributed by atoms with Crippen molar-refractivity contribution in [3.63, 3.8) is 0 Å². The SMILES string of the molecule is Cn1ncnc1SCC(C(=O)NN)c1ccccc1. The molecule has 3 N–H and O–H groups in total. The van der Waals surface area contributed by atoms with Crippen LogP contribution in [0.25, 0.3) is 0 Å². The van der Waals surface area contributed by atoms with E-state index in [9.17, 15) is 4.79 Å². The van der Waals surface area contributed by atoms with E-state index in [0.717, 1.165) is 10.7 Å². The van der Waals surface area contributed by atoms with Crippen molar-refractivity contribution in [1.82, 2.24) is 20.2 Å². The monoisotopic (exact) mass is 277 g/mol. The van der Waals surface area contributed by atoms with Crippen LogP contribution in [-0.2, 0) is 11.8 Å². The summed E-state index contributed by atoms with van der Waals surface area (Å²) in [6, 6.07) is 9.54. The van der Waals surface area contributed by atoms with E-state index in [1.807, 2.05) is 37.4 Å². The summed E-state index contributed by atoms with van der Waals surface area (Å²) in [5.74, 6) is 5.28. The lowest BCUT2D eigenvalue weighted by Gasteiger charge is -2.14. The highest BCUT2D eigenvalue weighted by Crippen LogP contribution is 2.24.